The third kappa shape index (κ3) is 4.13. The lowest BCUT2D eigenvalue weighted by Crippen LogP contribution is -2.34. The van der Waals surface area contributed by atoms with Gasteiger partial charge in [0.15, 0.2) is 0 Å². The standard InChI is InChI=1S/C25H27Cl2N3O2/c1-15-11-17(25(31)28-3)12-23-20(15)13-18(29(23)4)14-21-22(26)6-5-19(24(21)27)16(2)30-7-9-32-10-8-30/h5-6,11-13H,2,7-10,14H2,1,3-4H3,(H,28,31). The number of benzene rings is 2. The quantitative estimate of drug-likeness (QED) is 0.566. The van der Waals surface area contributed by atoms with E-state index in [2.05, 4.69) is 27.4 Å². The zero-order valence-electron chi connectivity index (χ0n) is 18.6. The Bertz CT molecular complexity index is 1210. The number of carbonyl (C=O) groups excluding carboxylic acids is 1. The molecule has 4 rings (SSSR count). The molecule has 1 aliphatic rings. The molecular weight excluding hydrogens is 445 g/mol. The largest absolute Gasteiger partial charge is 0.378 e. The molecule has 5 nitrogen and oxygen atoms in total. The maximum Gasteiger partial charge on any atom is 0.251 e. The Hall–Kier alpha value is -2.47. The molecule has 0 bridgehead atoms. The van der Waals surface area contributed by atoms with E-state index in [0.29, 0.717) is 35.2 Å². The number of ether oxygens (including phenoxy) is 1. The van der Waals surface area contributed by atoms with Crippen LogP contribution in [0.4, 0.5) is 0 Å². The molecule has 0 aliphatic carbocycles. The maximum absolute atomic E-state index is 12.2. The van der Waals surface area contributed by atoms with Crippen LogP contribution in [0.2, 0.25) is 10.0 Å². The number of nitrogens with zero attached hydrogens (tertiary/aromatic N) is 2. The van der Waals surface area contributed by atoms with Gasteiger partial charge in [0.05, 0.1) is 18.2 Å². The number of aryl methyl sites for hydroxylation is 2. The van der Waals surface area contributed by atoms with Crippen LogP contribution in [0.3, 0.4) is 0 Å². The second kappa shape index (κ2) is 9.18. The fourth-order valence-corrected chi connectivity index (χ4v) is 4.89. The second-order valence-corrected chi connectivity index (χ2v) is 8.90. The van der Waals surface area contributed by atoms with Crippen molar-refractivity contribution in [2.45, 2.75) is 13.3 Å². The van der Waals surface area contributed by atoms with Crippen molar-refractivity contribution < 1.29 is 9.53 Å². The highest BCUT2D eigenvalue weighted by Gasteiger charge is 2.20. The van der Waals surface area contributed by atoms with Gasteiger partial charge < -0.3 is 19.5 Å². The molecule has 1 fully saturated rings. The van der Waals surface area contributed by atoms with Gasteiger partial charge in [-0.1, -0.05) is 29.8 Å². The number of rotatable bonds is 5. The lowest BCUT2D eigenvalue weighted by molar-refractivity contribution is 0.0641. The van der Waals surface area contributed by atoms with E-state index in [1.165, 1.54) is 0 Å². The highest BCUT2D eigenvalue weighted by atomic mass is 35.5. The summed E-state index contributed by atoms with van der Waals surface area (Å²) in [6.07, 6.45) is 0.571. The van der Waals surface area contributed by atoms with Gasteiger partial charge in [0, 0.05) is 72.0 Å². The normalized spacial score (nSPS) is 14.1. The van der Waals surface area contributed by atoms with Crippen molar-refractivity contribution in [3.63, 3.8) is 0 Å². The Morgan fingerprint density at radius 2 is 1.91 bits per heavy atom. The lowest BCUT2D eigenvalue weighted by Gasteiger charge is -2.31. The number of morpholine rings is 1. The minimum atomic E-state index is -0.0989. The molecule has 2 aromatic carbocycles. The number of hydrogen-bond acceptors (Lipinski definition) is 3. The van der Waals surface area contributed by atoms with Gasteiger partial charge in [-0.15, -0.1) is 0 Å². The van der Waals surface area contributed by atoms with Crippen LogP contribution >= 0.6 is 23.2 Å². The molecule has 168 valence electrons. The first-order valence-electron chi connectivity index (χ1n) is 10.6. The van der Waals surface area contributed by atoms with Crippen LogP contribution in [0.25, 0.3) is 16.6 Å². The molecular formula is C25H27Cl2N3O2. The van der Waals surface area contributed by atoms with Crippen LogP contribution in [0.15, 0.2) is 36.9 Å². The summed E-state index contributed by atoms with van der Waals surface area (Å²) in [5, 5.41) is 5.06. The van der Waals surface area contributed by atoms with Gasteiger partial charge >= 0.3 is 0 Å². The Morgan fingerprint density at radius 1 is 1.19 bits per heavy atom. The van der Waals surface area contributed by atoms with Crippen molar-refractivity contribution in [3.8, 4) is 0 Å². The van der Waals surface area contributed by atoms with Crippen molar-refractivity contribution in [1.29, 1.82) is 0 Å². The molecule has 3 aromatic rings. The van der Waals surface area contributed by atoms with E-state index in [9.17, 15) is 4.79 Å². The number of hydrogen-bond donors (Lipinski definition) is 1. The van der Waals surface area contributed by atoms with Gasteiger partial charge in [-0.3, -0.25) is 4.79 Å². The fourth-order valence-electron chi connectivity index (χ4n) is 4.28. The Kier molecular flexibility index (Phi) is 6.52. The van der Waals surface area contributed by atoms with Gasteiger partial charge in [0.2, 0.25) is 0 Å². The van der Waals surface area contributed by atoms with Crippen molar-refractivity contribution in [2.75, 3.05) is 33.4 Å². The lowest BCUT2D eigenvalue weighted by atomic mass is 10.0. The summed E-state index contributed by atoms with van der Waals surface area (Å²) in [6, 6.07) is 9.81. The van der Waals surface area contributed by atoms with Crippen LogP contribution in [-0.4, -0.2) is 48.7 Å². The molecule has 1 aromatic heterocycles. The summed E-state index contributed by atoms with van der Waals surface area (Å²) in [6.45, 7) is 9.26. The van der Waals surface area contributed by atoms with Gasteiger partial charge in [0.25, 0.3) is 5.91 Å². The predicted molar refractivity (Wildman–Crippen MR) is 132 cm³/mol. The zero-order chi connectivity index (χ0) is 23.0. The van der Waals surface area contributed by atoms with Crippen LogP contribution in [-0.2, 0) is 18.2 Å². The summed E-state index contributed by atoms with van der Waals surface area (Å²) >= 11 is 13.5. The monoisotopic (exact) mass is 471 g/mol. The number of amides is 1. The summed E-state index contributed by atoms with van der Waals surface area (Å²) in [5.74, 6) is -0.0989. The molecule has 1 amide bonds. The molecule has 1 saturated heterocycles. The number of nitrogens with one attached hydrogen (secondary N) is 1. The van der Waals surface area contributed by atoms with Gasteiger partial charge in [0.1, 0.15) is 0 Å². The minimum Gasteiger partial charge on any atom is -0.378 e. The topological polar surface area (TPSA) is 46.5 Å². The second-order valence-electron chi connectivity index (χ2n) is 8.11. The highest BCUT2D eigenvalue weighted by molar-refractivity contribution is 6.37. The molecule has 0 spiro atoms. The number of fused-ring (bicyclic) bond motifs is 1. The van der Waals surface area contributed by atoms with Crippen LogP contribution in [0, 0.1) is 6.92 Å². The Balaban J connectivity index is 1.72. The zero-order valence-corrected chi connectivity index (χ0v) is 20.1. The first-order chi connectivity index (χ1) is 15.3. The van der Waals surface area contributed by atoms with Crippen molar-refractivity contribution >= 4 is 45.7 Å². The van der Waals surface area contributed by atoms with Crippen LogP contribution in [0.1, 0.15) is 32.7 Å². The van der Waals surface area contributed by atoms with Crippen LogP contribution in [0.5, 0.6) is 0 Å². The van der Waals surface area contributed by atoms with E-state index in [4.69, 9.17) is 27.9 Å². The fraction of sp³-hybridized carbons (Fsp3) is 0.320. The molecule has 0 radical (unpaired) electrons. The first-order valence-corrected chi connectivity index (χ1v) is 11.4. The van der Waals surface area contributed by atoms with Crippen molar-refractivity contribution in [1.82, 2.24) is 14.8 Å². The average molecular weight is 472 g/mol. The molecule has 1 N–H and O–H groups in total. The van der Waals surface area contributed by atoms with E-state index in [0.717, 1.165) is 52.1 Å². The third-order valence-corrected chi connectivity index (χ3v) is 6.99. The molecule has 0 unspecified atom stereocenters. The van der Waals surface area contributed by atoms with E-state index in [-0.39, 0.29) is 5.91 Å². The summed E-state index contributed by atoms with van der Waals surface area (Å²) < 4.78 is 7.56. The van der Waals surface area contributed by atoms with Gasteiger partial charge in [-0.25, -0.2) is 0 Å². The smallest absolute Gasteiger partial charge is 0.251 e. The summed E-state index contributed by atoms with van der Waals surface area (Å²) in [5.41, 5.74) is 6.41. The summed E-state index contributed by atoms with van der Waals surface area (Å²) in [4.78, 5) is 14.4. The summed E-state index contributed by atoms with van der Waals surface area (Å²) in [7, 11) is 3.64. The van der Waals surface area contributed by atoms with Crippen molar-refractivity contribution in [3.05, 3.63) is 74.9 Å². The van der Waals surface area contributed by atoms with E-state index in [1.54, 1.807) is 7.05 Å². The van der Waals surface area contributed by atoms with E-state index in [1.807, 2.05) is 38.2 Å². The van der Waals surface area contributed by atoms with E-state index < -0.39 is 0 Å². The Labute approximate surface area is 198 Å². The van der Waals surface area contributed by atoms with Gasteiger partial charge in [-0.05, 0) is 48.4 Å². The Morgan fingerprint density at radius 3 is 2.59 bits per heavy atom. The van der Waals surface area contributed by atoms with Crippen molar-refractivity contribution in [2.24, 2.45) is 7.05 Å². The molecule has 0 atom stereocenters. The molecule has 2 heterocycles. The van der Waals surface area contributed by atoms with E-state index >= 15 is 0 Å². The molecule has 0 saturated carbocycles. The minimum absolute atomic E-state index is 0.0989. The molecule has 1 aliphatic heterocycles. The predicted octanol–water partition coefficient (Wildman–Crippen LogP) is 5.05. The highest BCUT2D eigenvalue weighted by Crippen LogP contribution is 2.36. The average Bonchev–Trinajstić information content (AvgIpc) is 3.12. The first kappa shape index (κ1) is 22.7. The maximum atomic E-state index is 12.2. The van der Waals surface area contributed by atoms with Gasteiger partial charge in [-0.2, -0.15) is 0 Å². The SMILES string of the molecule is C=C(c1ccc(Cl)c(Cc2cc3c(C)cc(C(=O)NC)cc3n2C)c1Cl)N1CCOCC1. The molecule has 32 heavy (non-hydrogen) atoms. The number of halogens is 2. The number of aromatic nitrogens is 1. The third-order valence-electron chi connectivity index (χ3n) is 6.21. The van der Waals surface area contributed by atoms with Crippen LogP contribution < -0.4 is 5.32 Å². The number of carbonyl (C=O) groups is 1. The molecule has 7 heteroatoms.